The van der Waals surface area contributed by atoms with Gasteiger partial charge in [0.2, 0.25) is 0 Å². The Morgan fingerprint density at radius 3 is 2.38 bits per heavy atom. The molecule has 21 heavy (non-hydrogen) atoms. The number of halogens is 1. The Morgan fingerprint density at radius 1 is 1.10 bits per heavy atom. The van der Waals surface area contributed by atoms with Gasteiger partial charge in [-0.15, -0.1) is 0 Å². The SMILES string of the molecule is Cc1cc(Cl)ccc1OCC(=O)Nc1c(C)cccc1C. The first-order valence-corrected chi connectivity index (χ1v) is 7.10. The third-order valence-corrected chi connectivity index (χ3v) is 3.48. The lowest BCUT2D eigenvalue weighted by Crippen LogP contribution is -2.21. The van der Waals surface area contributed by atoms with Gasteiger partial charge in [-0.2, -0.15) is 0 Å². The molecule has 0 saturated carbocycles. The van der Waals surface area contributed by atoms with Crippen LogP contribution < -0.4 is 10.1 Å². The number of anilines is 1. The minimum Gasteiger partial charge on any atom is -0.483 e. The summed E-state index contributed by atoms with van der Waals surface area (Å²) in [4.78, 5) is 12.0. The summed E-state index contributed by atoms with van der Waals surface area (Å²) in [5.41, 5.74) is 3.82. The molecule has 0 saturated heterocycles. The van der Waals surface area contributed by atoms with E-state index in [-0.39, 0.29) is 12.5 Å². The van der Waals surface area contributed by atoms with E-state index >= 15 is 0 Å². The summed E-state index contributed by atoms with van der Waals surface area (Å²) in [5, 5.41) is 3.54. The predicted octanol–water partition coefficient (Wildman–Crippen LogP) is 4.28. The zero-order valence-corrected chi connectivity index (χ0v) is 13.1. The normalized spacial score (nSPS) is 10.3. The maximum absolute atomic E-state index is 12.0. The molecule has 0 atom stereocenters. The van der Waals surface area contributed by atoms with Crippen molar-refractivity contribution in [1.82, 2.24) is 0 Å². The van der Waals surface area contributed by atoms with Crippen LogP contribution in [0, 0.1) is 20.8 Å². The van der Waals surface area contributed by atoms with Gasteiger partial charge in [-0.25, -0.2) is 0 Å². The third kappa shape index (κ3) is 3.99. The highest BCUT2D eigenvalue weighted by molar-refractivity contribution is 6.30. The summed E-state index contributed by atoms with van der Waals surface area (Å²) in [7, 11) is 0. The van der Waals surface area contributed by atoms with Crippen LogP contribution in [0.4, 0.5) is 5.69 Å². The maximum atomic E-state index is 12.0. The first-order chi connectivity index (χ1) is 9.97. The number of hydrogen-bond acceptors (Lipinski definition) is 2. The predicted molar refractivity (Wildman–Crippen MR) is 86.2 cm³/mol. The van der Waals surface area contributed by atoms with Crippen LogP contribution in [0.1, 0.15) is 16.7 Å². The summed E-state index contributed by atoms with van der Waals surface area (Å²) < 4.78 is 5.53. The second kappa shape index (κ2) is 6.64. The first kappa shape index (κ1) is 15.4. The third-order valence-electron chi connectivity index (χ3n) is 3.24. The number of amides is 1. The monoisotopic (exact) mass is 303 g/mol. The number of nitrogens with one attached hydrogen (secondary N) is 1. The van der Waals surface area contributed by atoms with Gasteiger partial charge in [-0.1, -0.05) is 29.8 Å². The molecule has 0 aliphatic carbocycles. The number of benzene rings is 2. The van der Waals surface area contributed by atoms with E-state index in [1.807, 2.05) is 39.0 Å². The standard InChI is InChI=1S/C17H18ClNO2/c1-11-5-4-6-12(2)17(11)19-16(20)10-21-15-8-7-14(18)9-13(15)3/h4-9H,10H2,1-3H3,(H,19,20). The molecule has 0 unspecified atom stereocenters. The van der Waals surface area contributed by atoms with Gasteiger partial charge < -0.3 is 10.1 Å². The van der Waals surface area contributed by atoms with Gasteiger partial charge in [-0.05, 0) is 55.7 Å². The number of hydrogen-bond donors (Lipinski definition) is 1. The average molecular weight is 304 g/mol. The van der Waals surface area contributed by atoms with Gasteiger partial charge >= 0.3 is 0 Å². The molecule has 1 N–H and O–H groups in total. The molecular formula is C17H18ClNO2. The molecule has 2 aromatic rings. The lowest BCUT2D eigenvalue weighted by molar-refractivity contribution is -0.118. The van der Waals surface area contributed by atoms with Crippen LogP contribution in [0.5, 0.6) is 5.75 Å². The van der Waals surface area contributed by atoms with Crippen molar-refractivity contribution in [3.05, 3.63) is 58.1 Å². The Balaban J connectivity index is 1.99. The summed E-state index contributed by atoms with van der Waals surface area (Å²) in [5.74, 6) is 0.484. The summed E-state index contributed by atoms with van der Waals surface area (Å²) in [6, 6.07) is 11.2. The lowest BCUT2D eigenvalue weighted by atomic mass is 10.1. The van der Waals surface area contributed by atoms with Crippen molar-refractivity contribution < 1.29 is 9.53 Å². The lowest BCUT2D eigenvalue weighted by Gasteiger charge is -2.13. The maximum Gasteiger partial charge on any atom is 0.262 e. The Labute approximate surface area is 129 Å². The molecule has 3 nitrogen and oxygen atoms in total. The van der Waals surface area contributed by atoms with E-state index in [0.717, 1.165) is 22.4 Å². The molecule has 0 aliphatic heterocycles. The van der Waals surface area contributed by atoms with E-state index in [9.17, 15) is 4.79 Å². The zero-order valence-electron chi connectivity index (χ0n) is 12.4. The van der Waals surface area contributed by atoms with Crippen molar-refractivity contribution >= 4 is 23.2 Å². The molecule has 2 aromatic carbocycles. The Hall–Kier alpha value is -2.00. The quantitative estimate of drug-likeness (QED) is 0.915. The van der Waals surface area contributed by atoms with Gasteiger partial charge in [0.25, 0.3) is 5.91 Å². The number of carbonyl (C=O) groups excluding carboxylic acids is 1. The van der Waals surface area contributed by atoms with Crippen LogP contribution in [0.3, 0.4) is 0 Å². The zero-order chi connectivity index (χ0) is 15.4. The van der Waals surface area contributed by atoms with E-state index in [2.05, 4.69) is 5.32 Å². The molecule has 0 spiro atoms. The van der Waals surface area contributed by atoms with Crippen molar-refractivity contribution in [3.8, 4) is 5.75 Å². The highest BCUT2D eigenvalue weighted by Crippen LogP contribution is 2.22. The average Bonchev–Trinajstić information content (AvgIpc) is 2.42. The second-order valence-electron chi connectivity index (χ2n) is 5.01. The summed E-state index contributed by atoms with van der Waals surface area (Å²) in [6.07, 6.45) is 0. The largest absolute Gasteiger partial charge is 0.483 e. The van der Waals surface area contributed by atoms with Crippen molar-refractivity contribution in [1.29, 1.82) is 0 Å². The van der Waals surface area contributed by atoms with Crippen LogP contribution in [-0.4, -0.2) is 12.5 Å². The van der Waals surface area contributed by atoms with E-state index in [0.29, 0.717) is 10.8 Å². The fourth-order valence-electron chi connectivity index (χ4n) is 2.11. The summed E-state index contributed by atoms with van der Waals surface area (Å²) in [6.45, 7) is 5.79. The van der Waals surface area contributed by atoms with Gasteiger partial charge in [-0.3, -0.25) is 4.79 Å². The molecule has 0 bridgehead atoms. The molecule has 0 fully saturated rings. The van der Waals surface area contributed by atoms with Crippen LogP contribution >= 0.6 is 11.6 Å². The molecule has 0 radical (unpaired) electrons. The van der Waals surface area contributed by atoms with Gasteiger partial charge in [0.05, 0.1) is 0 Å². The van der Waals surface area contributed by atoms with Crippen molar-refractivity contribution in [2.24, 2.45) is 0 Å². The second-order valence-corrected chi connectivity index (χ2v) is 5.45. The Kier molecular flexibility index (Phi) is 4.86. The van der Waals surface area contributed by atoms with E-state index in [1.54, 1.807) is 18.2 Å². The highest BCUT2D eigenvalue weighted by Gasteiger charge is 2.09. The van der Waals surface area contributed by atoms with Crippen molar-refractivity contribution in [3.63, 3.8) is 0 Å². The fraction of sp³-hybridized carbons (Fsp3) is 0.235. The minimum atomic E-state index is -0.179. The number of carbonyl (C=O) groups is 1. The number of ether oxygens (including phenoxy) is 1. The molecule has 110 valence electrons. The first-order valence-electron chi connectivity index (χ1n) is 6.72. The number of rotatable bonds is 4. The Bertz CT molecular complexity index is 648. The van der Waals surface area contributed by atoms with E-state index < -0.39 is 0 Å². The topological polar surface area (TPSA) is 38.3 Å². The van der Waals surface area contributed by atoms with Crippen LogP contribution in [0.15, 0.2) is 36.4 Å². The highest BCUT2D eigenvalue weighted by atomic mass is 35.5. The minimum absolute atomic E-state index is 0.0315. The molecular weight excluding hydrogens is 286 g/mol. The van der Waals surface area contributed by atoms with E-state index in [1.165, 1.54) is 0 Å². The number of aryl methyl sites for hydroxylation is 3. The molecule has 2 rings (SSSR count). The fourth-order valence-corrected chi connectivity index (χ4v) is 2.33. The summed E-state index contributed by atoms with van der Waals surface area (Å²) >= 11 is 5.89. The molecule has 1 amide bonds. The van der Waals surface area contributed by atoms with Gasteiger partial charge in [0.15, 0.2) is 6.61 Å². The van der Waals surface area contributed by atoms with E-state index in [4.69, 9.17) is 16.3 Å². The molecule has 0 aliphatic rings. The van der Waals surface area contributed by atoms with Crippen molar-refractivity contribution in [2.45, 2.75) is 20.8 Å². The molecule has 4 heteroatoms. The molecule has 0 aromatic heterocycles. The molecule has 0 heterocycles. The van der Waals surface area contributed by atoms with Crippen LogP contribution in [0.2, 0.25) is 5.02 Å². The van der Waals surface area contributed by atoms with Crippen LogP contribution in [0.25, 0.3) is 0 Å². The van der Waals surface area contributed by atoms with Gasteiger partial charge in [0, 0.05) is 10.7 Å². The van der Waals surface area contributed by atoms with Gasteiger partial charge in [0.1, 0.15) is 5.75 Å². The number of para-hydroxylation sites is 1. The van der Waals surface area contributed by atoms with Crippen molar-refractivity contribution in [2.75, 3.05) is 11.9 Å². The Morgan fingerprint density at radius 2 is 1.76 bits per heavy atom. The van der Waals surface area contributed by atoms with Crippen LogP contribution in [-0.2, 0) is 4.79 Å². The smallest absolute Gasteiger partial charge is 0.262 e.